The van der Waals surface area contributed by atoms with Gasteiger partial charge >= 0.3 is 0 Å². The van der Waals surface area contributed by atoms with Crippen LogP contribution in [0.2, 0.25) is 0 Å². The molecule has 4 rings (SSSR count). The van der Waals surface area contributed by atoms with Crippen molar-refractivity contribution in [1.29, 1.82) is 0 Å². The average Bonchev–Trinajstić information content (AvgIpc) is 3.40. The van der Waals surface area contributed by atoms with Crippen LogP contribution in [0.3, 0.4) is 0 Å². The fourth-order valence-corrected chi connectivity index (χ4v) is 3.57. The molecule has 0 saturated carbocycles. The largest absolute Gasteiger partial charge is 0.355 e. The zero-order valence-corrected chi connectivity index (χ0v) is 15.1. The molecule has 1 fully saturated rings. The van der Waals surface area contributed by atoms with Crippen LogP contribution in [-0.2, 0) is 6.54 Å². The molecular weight excluding hydrogens is 346 g/mol. The molecule has 26 heavy (non-hydrogen) atoms. The van der Waals surface area contributed by atoms with Gasteiger partial charge in [-0.25, -0.2) is 4.98 Å². The first-order chi connectivity index (χ1) is 12.8. The summed E-state index contributed by atoms with van der Waals surface area (Å²) in [4.78, 5) is 18.8. The summed E-state index contributed by atoms with van der Waals surface area (Å²) in [5, 5.41) is 14.4. The second-order valence-electron chi connectivity index (χ2n) is 6.16. The Labute approximate surface area is 155 Å². The lowest BCUT2D eigenvalue weighted by atomic mass is 10.1. The lowest BCUT2D eigenvalue weighted by molar-refractivity contribution is 0.0951. The zero-order valence-electron chi connectivity index (χ0n) is 14.3. The second-order valence-corrected chi connectivity index (χ2v) is 7.14. The maximum Gasteiger partial charge on any atom is 0.251 e. The van der Waals surface area contributed by atoms with Crippen molar-refractivity contribution >= 4 is 23.1 Å². The average molecular weight is 365 g/mol. The minimum atomic E-state index is -0.122. The maximum atomic E-state index is 12.4. The van der Waals surface area contributed by atoms with E-state index < -0.39 is 0 Å². The molecule has 0 unspecified atom stereocenters. The molecule has 1 aromatic carbocycles. The monoisotopic (exact) mass is 365 g/mol. The van der Waals surface area contributed by atoms with Crippen molar-refractivity contribution < 1.29 is 4.79 Å². The van der Waals surface area contributed by atoms with Crippen molar-refractivity contribution in [3.05, 3.63) is 58.5 Å². The van der Waals surface area contributed by atoms with E-state index in [1.807, 2.05) is 35.7 Å². The standard InChI is InChI=1S/C19H19N5OS/c25-19(21-13-18-20-8-11-26-18)15-5-3-4-14(12-15)16-6-7-17(23-22-16)24-9-1-2-10-24/h3-8,11-12H,1-2,9-10,13H2,(H,21,25). The van der Waals surface area contributed by atoms with E-state index in [-0.39, 0.29) is 5.91 Å². The molecule has 0 bridgehead atoms. The molecule has 3 heterocycles. The summed E-state index contributed by atoms with van der Waals surface area (Å²) in [6.45, 7) is 2.52. The summed E-state index contributed by atoms with van der Waals surface area (Å²) in [6, 6.07) is 11.4. The molecule has 132 valence electrons. The van der Waals surface area contributed by atoms with E-state index >= 15 is 0 Å². The van der Waals surface area contributed by atoms with E-state index in [2.05, 4.69) is 25.4 Å². The minimum absolute atomic E-state index is 0.122. The number of rotatable bonds is 5. The molecule has 6 nitrogen and oxygen atoms in total. The van der Waals surface area contributed by atoms with Gasteiger partial charge in [-0.15, -0.1) is 21.5 Å². The predicted molar refractivity (Wildman–Crippen MR) is 102 cm³/mol. The quantitative estimate of drug-likeness (QED) is 0.752. The summed E-state index contributed by atoms with van der Waals surface area (Å²) in [5.74, 6) is 0.798. The molecule has 0 atom stereocenters. The molecule has 0 radical (unpaired) electrons. The highest BCUT2D eigenvalue weighted by Gasteiger charge is 2.14. The van der Waals surface area contributed by atoms with E-state index in [4.69, 9.17) is 0 Å². The number of thiazole rings is 1. The number of nitrogens with one attached hydrogen (secondary N) is 1. The Morgan fingerprint density at radius 1 is 1.15 bits per heavy atom. The van der Waals surface area contributed by atoms with Crippen LogP contribution >= 0.6 is 11.3 Å². The third-order valence-electron chi connectivity index (χ3n) is 4.38. The molecule has 0 spiro atoms. The molecule has 7 heteroatoms. The normalized spacial score (nSPS) is 13.8. The van der Waals surface area contributed by atoms with Gasteiger partial charge < -0.3 is 10.2 Å². The zero-order chi connectivity index (χ0) is 17.8. The highest BCUT2D eigenvalue weighted by atomic mass is 32.1. The van der Waals surface area contributed by atoms with Gasteiger partial charge in [0.05, 0.1) is 12.2 Å². The van der Waals surface area contributed by atoms with Crippen LogP contribution in [0.25, 0.3) is 11.3 Å². The topological polar surface area (TPSA) is 71.0 Å². The van der Waals surface area contributed by atoms with Gasteiger partial charge in [0, 0.05) is 35.8 Å². The molecule has 1 amide bonds. The number of carbonyl (C=O) groups excluding carboxylic acids is 1. The predicted octanol–water partition coefficient (Wildman–Crippen LogP) is 3.13. The van der Waals surface area contributed by atoms with Crippen LogP contribution in [0, 0.1) is 0 Å². The lowest BCUT2D eigenvalue weighted by Crippen LogP contribution is -2.22. The number of aromatic nitrogens is 3. The van der Waals surface area contributed by atoms with Crippen molar-refractivity contribution in [2.45, 2.75) is 19.4 Å². The maximum absolute atomic E-state index is 12.4. The summed E-state index contributed by atoms with van der Waals surface area (Å²) >= 11 is 1.52. The van der Waals surface area contributed by atoms with Gasteiger partial charge in [-0.3, -0.25) is 4.79 Å². The molecule has 3 aromatic rings. The number of anilines is 1. The van der Waals surface area contributed by atoms with E-state index in [0.29, 0.717) is 12.1 Å². The fraction of sp³-hybridized carbons (Fsp3) is 0.263. The summed E-state index contributed by atoms with van der Waals surface area (Å²) in [7, 11) is 0. The second kappa shape index (κ2) is 7.61. The van der Waals surface area contributed by atoms with Crippen molar-refractivity contribution in [2.24, 2.45) is 0 Å². The number of carbonyl (C=O) groups is 1. The summed E-state index contributed by atoms with van der Waals surface area (Å²) < 4.78 is 0. The van der Waals surface area contributed by atoms with Crippen LogP contribution in [0.15, 0.2) is 48.0 Å². The van der Waals surface area contributed by atoms with Crippen LogP contribution in [0.4, 0.5) is 5.82 Å². The van der Waals surface area contributed by atoms with Gasteiger partial charge in [0.25, 0.3) is 5.91 Å². The summed E-state index contributed by atoms with van der Waals surface area (Å²) in [5.41, 5.74) is 2.25. The summed E-state index contributed by atoms with van der Waals surface area (Å²) in [6.07, 6.45) is 4.15. The first-order valence-corrected chi connectivity index (χ1v) is 9.53. The van der Waals surface area contributed by atoms with Gasteiger partial charge in [-0.1, -0.05) is 12.1 Å². The van der Waals surface area contributed by atoms with Crippen molar-refractivity contribution in [2.75, 3.05) is 18.0 Å². The third-order valence-corrected chi connectivity index (χ3v) is 5.16. The molecule has 1 N–H and O–H groups in total. The number of amides is 1. The van der Waals surface area contributed by atoms with Crippen molar-refractivity contribution in [3.8, 4) is 11.3 Å². The number of benzene rings is 1. The Bertz CT molecular complexity index is 873. The SMILES string of the molecule is O=C(NCc1nccs1)c1cccc(-c2ccc(N3CCCC3)nn2)c1. The van der Waals surface area contributed by atoms with Gasteiger partial charge in [0.1, 0.15) is 5.01 Å². The number of hydrogen-bond donors (Lipinski definition) is 1. The Morgan fingerprint density at radius 3 is 2.77 bits per heavy atom. The highest BCUT2D eigenvalue weighted by Crippen LogP contribution is 2.22. The van der Waals surface area contributed by atoms with Crippen LogP contribution in [-0.4, -0.2) is 34.2 Å². The highest BCUT2D eigenvalue weighted by molar-refractivity contribution is 7.09. The molecule has 1 aliphatic rings. The first-order valence-electron chi connectivity index (χ1n) is 8.65. The van der Waals surface area contributed by atoms with Gasteiger partial charge in [0.15, 0.2) is 5.82 Å². The number of nitrogens with zero attached hydrogens (tertiary/aromatic N) is 4. The Balaban J connectivity index is 1.47. The molecule has 0 aliphatic carbocycles. The van der Waals surface area contributed by atoms with Crippen LogP contribution in [0.5, 0.6) is 0 Å². The molecule has 1 saturated heterocycles. The van der Waals surface area contributed by atoms with Crippen molar-refractivity contribution in [1.82, 2.24) is 20.5 Å². The molecule has 2 aromatic heterocycles. The lowest BCUT2D eigenvalue weighted by Gasteiger charge is -2.15. The third kappa shape index (κ3) is 3.72. The van der Waals surface area contributed by atoms with Gasteiger partial charge in [-0.05, 0) is 37.1 Å². The Morgan fingerprint density at radius 2 is 2.04 bits per heavy atom. The van der Waals surface area contributed by atoms with Crippen LogP contribution in [0.1, 0.15) is 28.2 Å². The van der Waals surface area contributed by atoms with E-state index in [1.165, 1.54) is 24.2 Å². The van der Waals surface area contributed by atoms with Crippen molar-refractivity contribution in [3.63, 3.8) is 0 Å². The van der Waals surface area contributed by atoms with E-state index in [9.17, 15) is 4.79 Å². The van der Waals surface area contributed by atoms with E-state index in [1.54, 1.807) is 12.3 Å². The fourth-order valence-electron chi connectivity index (χ4n) is 3.01. The first kappa shape index (κ1) is 16.7. The van der Waals surface area contributed by atoms with Gasteiger partial charge in [0.2, 0.25) is 0 Å². The van der Waals surface area contributed by atoms with E-state index in [0.717, 1.165) is 35.2 Å². The molecular formula is C19H19N5OS. The van der Waals surface area contributed by atoms with Gasteiger partial charge in [-0.2, -0.15) is 0 Å². The van der Waals surface area contributed by atoms with Crippen LogP contribution < -0.4 is 10.2 Å². The Hall–Kier alpha value is -2.80. The Kier molecular flexibility index (Phi) is 4.88. The smallest absolute Gasteiger partial charge is 0.251 e. The minimum Gasteiger partial charge on any atom is -0.355 e. The molecule has 1 aliphatic heterocycles. The number of hydrogen-bond acceptors (Lipinski definition) is 6.